The zero-order valence-electron chi connectivity index (χ0n) is 17.5. The molecule has 0 saturated heterocycles. The highest BCUT2D eigenvalue weighted by atomic mass is 16.5. The number of rotatable bonds is 4. The van der Waals surface area contributed by atoms with Gasteiger partial charge in [-0.05, 0) is 68.0 Å². The van der Waals surface area contributed by atoms with Gasteiger partial charge in [0.15, 0.2) is 6.10 Å². The molecule has 0 unspecified atom stereocenters. The van der Waals surface area contributed by atoms with Crippen molar-refractivity contribution in [1.29, 1.82) is 0 Å². The van der Waals surface area contributed by atoms with Gasteiger partial charge in [0.2, 0.25) is 0 Å². The Morgan fingerprint density at radius 3 is 2.61 bits per heavy atom. The van der Waals surface area contributed by atoms with Crippen molar-refractivity contribution in [2.24, 2.45) is 5.92 Å². The fourth-order valence-corrected chi connectivity index (χ4v) is 3.88. The topological polar surface area (TPSA) is 100 Å². The van der Waals surface area contributed by atoms with E-state index in [4.69, 9.17) is 4.74 Å². The Kier molecular flexibility index (Phi) is 5.75. The van der Waals surface area contributed by atoms with Crippen LogP contribution in [-0.4, -0.2) is 28.9 Å². The van der Waals surface area contributed by atoms with Crippen LogP contribution in [0.2, 0.25) is 0 Å². The van der Waals surface area contributed by atoms with E-state index in [1.807, 2.05) is 12.1 Å². The number of hydrogen-bond acceptors (Lipinski definition) is 4. The maximum atomic E-state index is 12.6. The highest BCUT2D eigenvalue weighted by Crippen LogP contribution is 2.32. The molecule has 0 fully saturated rings. The van der Waals surface area contributed by atoms with Gasteiger partial charge in [0.25, 0.3) is 11.8 Å². The Morgan fingerprint density at radius 2 is 1.84 bits per heavy atom. The third-order valence-corrected chi connectivity index (χ3v) is 5.66. The van der Waals surface area contributed by atoms with Crippen LogP contribution in [-0.2, 0) is 22.4 Å². The molecule has 7 nitrogen and oxygen atoms in total. The van der Waals surface area contributed by atoms with Crippen LogP contribution in [0.25, 0.3) is 10.9 Å². The highest BCUT2D eigenvalue weighted by molar-refractivity contribution is 5.98. The minimum atomic E-state index is -1.07. The average Bonchev–Trinajstić information content (AvgIpc) is 3.14. The van der Waals surface area contributed by atoms with Crippen LogP contribution in [0.3, 0.4) is 0 Å². The third kappa shape index (κ3) is 4.45. The molecule has 4 rings (SSSR count). The number of aromatic nitrogens is 1. The first-order chi connectivity index (χ1) is 14.9. The molecule has 2 amide bonds. The number of ether oxygens (including phenoxy) is 1. The summed E-state index contributed by atoms with van der Waals surface area (Å²) in [6, 6.07) is 13.9. The molecule has 3 N–H and O–H groups in total. The highest BCUT2D eigenvalue weighted by Gasteiger charge is 2.23. The van der Waals surface area contributed by atoms with E-state index in [1.54, 1.807) is 36.4 Å². The minimum absolute atomic E-state index is 0.389. The smallest absolute Gasteiger partial charge is 0.338 e. The van der Waals surface area contributed by atoms with Crippen LogP contribution < -0.4 is 10.9 Å². The van der Waals surface area contributed by atoms with Crippen molar-refractivity contribution >= 4 is 28.7 Å². The van der Waals surface area contributed by atoms with Crippen molar-refractivity contribution in [1.82, 2.24) is 15.8 Å². The van der Waals surface area contributed by atoms with E-state index in [2.05, 4.69) is 22.8 Å². The predicted octanol–water partition coefficient (Wildman–Crippen LogP) is 3.30. The quantitative estimate of drug-likeness (QED) is 0.446. The lowest BCUT2D eigenvalue weighted by Crippen LogP contribution is -2.46. The summed E-state index contributed by atoms with van der Waals surface area (Å²) in [5, 5.41) is 1.03. The summed E-state index contributed by atoms with van der Waals surface area (Å²) in [5.74, 6) is -1.05. The van der Waals surface area contributed by atoms with E-state index in [0.29, 0.717) is 17.0 Å². The maximum Gasteiger partial charge on any atom is 0.338 e. The summed E-state index contributed by atoms with van der Waals surface area (Å²) < 4.78 is 5.31. The van der Waals surface area contributed by atoms with Crippen LogP contribution >= 0.6 is 0 Å². The number of aromatic amines is 1. The van der Waals surface area contributed by atoms with E-state index in [-0.39, 0.29) is 0 Å². The van der Waals surface area contributed by atoms with Crippen molar-refractivity contribution < 1.29 is 19.1 Å². The normalized spacial score (nSPS) is 16.3. The Hall–Kier alpha value is -3.61. The zero-order chi connectivity index (χ0) is 22.0. The van der Waals surface area contributed by atoms with Gasteiger partial charge >= 0.3 is 5.97 Å². The van der Waals surface area contributed by atoms with Gasteiger partial charge in [-0.1, -0.05) is 25.1 Å². The van der Waals surface area contributed by atoms with Crippen LogP contribution in [0.1, 0.15) is 52.2 Å². The summed E-state index contributed by atoms with van der Waals surface area (Å²) >= 11 is 0. The number of nitrogens with one attached hydrogen (secondary N) is 3. The number of carbonyl (C=O) groups excluding carboxylic acids is 3. The molecule has 0 aliphatic heterocycles. The molecule has 3 aromatic rings. The van der Waals surface area contributed by atoms with E-state index in [0.717, 1.165) is 30.2 Å². The van der Waals surface area contributed by atoms with Crippen molar-refractivity contribution in [3.63, 3.8) is 0 Å². The Labute approximate surface area is 180 Å². The molecule has 160 valence electrons. The number of esters is 1. The summed E-state index contributed by atoms with van der Waals surface area (Å²) in [4.78, 5) is 40.3. The molecule has 2 aromatic carbocycles. The molecule has 0 radical (unpaired) electrons. The second kappa shape index (κ2) is 8.63. The number of H-pyrrole nitrogens is 1. The molecule has 1 aliphatic rings. The first-order valence-corrected chi connectivity index (χ1v) is 10.4. The lowest BCUT2D eigenvalue weighted by Gasteiger charge is -2.18. The fourth-order valence-electron chi connectivity index (χ4n) is 3.88. The second-order valence-electron chi connectivity index (χ2n) is 8.05. The van der Waals surface area contributed by atoms with Gasteiger partial charge in [0, 0.05) is 22.2 Å². The summed E-state index contributed by atoms with van der Waals surface area (Å²) in [6.07, 6.45) is 2.08. The van der Waals surface area contributed by atoms with Crippen molar-refractivity contribution in [2.75, 3.05) is 0 Å². The molecule has 0 spiro atoms. The maximum absolute atomic E-state index is 12.6. The second-order valence-corrected chi connectivity index (χ2v) is 8.05. The van der Waals surface area contributed by atoms with E-state index >= 15 is 0 Å². The SMILES string of the molecule is C[C@@H]1CCc2[nH]c3ccc(C(=O)O[C@H](C)C(=O)NNC(=O)c4ccccc4)cc3c2C1. The fraction of sp³-hybridized carbons (Fsp3) is 0.292. The summed E-state index contributed by atoms with van der Waals surface area (Å²) in [5.41, 5.74) is 8.91. The Balaban J connectivity index is 1.39. The van der Waals surface area contributed by atoms with Gasteiger partial charge in [-0.15, -0.1) is 0 Å². The molecule has 1 heterocycles. The molecular weight excluding hydrogens is 394 g/mol. The molecule has 2 atom stereocenters. The summed E-state index contributed by atoms with van der Waals surface area (Å²) in [7, 11) is 0. The van der Waals surface area contributed by atoms with E-state index in [9.17, 15) is 14.4 Å². The molecule has 1 aromatic heterocycles. The average molecular weight is 419 g/mol. The number of carbonyl (C=O) groups is 3. The largest absolute Gasteiger partial charge is 0.449 e. The van der Waals surface area contributed by atoms with Crippen LogP contribution in [0.15, 0.2) is 48.5 Å². The monoisotopic (exact) mass is 419 g/mol. The standard InChI is InChI=1S/C24H25N3O4/c1-14-8-10-20-18(12-14)19-13-17(9-11-21(19)25-20)24(30)31-15(2)22(28)26-27-23(29)16-6-4-3-5-7-16/h3-7,9,11,13-15,25H,8,10,12H2,1-2H3,(H,26,28)(H,27,29)/t14-,15-/m1/s1. The number of fused-ring (bicyclic) bond motifs is 3. The van der Waals surface area contributed by atoms with Gasteiger partial charge in [-0.3, -0.25) is 20.4 Å². The lowest BCUT2D eigenvalue weighted by atomic mass is 9.87. The number of aryl methyl sites for hydroxylation is 1. The van der Waals surface area contributed by atoms with Crippen molar-refractivity contribution in [3.8, 4) is 0 Å². The van der Waals surface area contributed by atoms with Crippen molar-refractivity contribution in [3.05, 3.63) is 70.9 Å². The Bertz CT molecular complexity index is 1140. The van der Waals surface area contributed by atoms with Gasteiger partial charge in [-0.2, -0.15) is 0 Å². The number of amides is 2. The first kappa shape index (κ1) is 20.7. The lowest BCUT2D eigenvalue weighted by molar-refractivity contribution is -0.129. The van der Waals surface area contributed by atoms with Crippen LogP contribution in [0.5, 0.6) is 0 Å². The molecule has 1 aliphatic carbocycles. The van der Waals surface area contributed by atoms with Gasteiger partial charge in [-0.25, -0.2) is 4.79 Å². The van der Waals surface area contributed by atoms with E-state index in [1.165, 1.54) is 18.2 Å². The van der Waals surface area contributed by atoms with Gasteiger partial charge in [0.05, 0.1) is 5.56 Å². The first-order valence-electron chi connectivity index (χ1n) is 10.4. The molecule has 31 heavy (non-hydrogen) atoms. The third-order valence-electron chi connectivity index (χ3n) is 5.66. The molecular formula is C24H25N3O4. The van der Waals surface area contributed by atoms with Crippen LogP contribution in [0, 0.1) is 5.92 Å². The number of hydrazine groups is 1. The number of hydrogen-bond donors (Lipinski definition) is 3. The number of benzene rings is 2. The molecule has 0 bridgehead atoms. The Morgan fingerprint density at radius 1 is 1.06 bits per heavy atom. The molecule has 7 heteroatoms. The molecule has 0 saturated carbocycles. The van der Waals surface area contributed by atoms with Crippen LogP contribution in [0.4, 0.5) is 0 Å². The van der Waals surface area contributed by atoms with Crippen molar-refractivity contribution in [2.45, 2.75) is 39.2 Å². The van der Waals surface area contributed by atoms with Gasteiger partial charge in [0.1, 0.15) is 0 Å². The van der Waals surface area contributed by atoms with E-state index < -0.39 is 23.9 Å². The zero-order valence-corrected chi connectivity index (χ0v) is 17.5. The minimum Gasteiger partial charge on any atom is -0.449 e. The van der Waals surface area contributed by atoms with Gasteiger partial charge < -0.3 is 9.72 Å². The predicted molar refractivity (Wildman–Crippen MR) is 116 cm³/mol. The summed E-state index contributed by atoms with van der Waals surface area (Å²) in [6.45, 7) is 3.69.